The number of aromatic nitrogens is 2. The number of hydrogen-bond donors (Lipinski definition) is 1. The van der Waals surface area contributed by atoms with Crippen molar-refractivity contribution in [1.29, 1.82) is 0 Å². The van der Waals surface area contributed by atoms with Gasteiger partial charge in [-0.3, -0.25) is 9.48 Å². The van der Waals surface area contributed by atoms with E-state index in [1.165, 1.54) is 0 Å². The second kappa shape index (κ2) is 9.71. The fourth-order valence-corrected chi connectivity index (χ4v) is 2.49. The standard InChI is InChI=1S/C19H27N3O3/c1-4-24-17-7-6-16(12-18(17)25-5-2)8-10-20-19(23)9-11-22-14-15(3)13-21-22/h6-7,12-14H,4-5,8-11H2,1-3H3,(H,20,23). The molecule has 0 fully saturated rings. The van der Waals surface area contributed by atoms with Gasteiger partial charge >= 0.3 is 0 Å². The van der Waals surface area contributed by atoms with E-state index in [2.05, 4.69) is 10.4 Å². The molecule has 136 valence electrons. The molecule has 0 saturated carbocycles. The number of nitrogens with one attached hydrogen (secondary N) is 1. The molecule has 1 aromatic carbocycles. The maximum atomic E-state index is 11.9. The summed E-state index contributed by atoms with van der Waals surface area (Å²) in [6.45, 7) is 8.26. The van der Waals surface area contributed by atoms with E-state index in [1.54, 1.807) is 10.9 Å². The molecule has 0 unspecified atom stereocenters. The normalized spacial score (nSPS) is 10.5. The smallest absolute Gasteiger partial charge is 0.221 e. The molecule has 2 aromatic rings. The van der Waals surface area contributed by atoms with E-state index in [9.17, 15) is 4.79 Å². The van der Waals surface area contributed by atoms with Crippen molar-refractivity contribution in [2.75, 3.05) is 19.8 Å². The first kappa shape index (κ1) is 18.8. The van der Waals surface area contributed by atoms with Crippen LogP contribution in [-0.4, -0.2) is 35.4 Å². The Balaban J connectivity index is 1.78. The Morgan fingerprint density at radius 2 is 1.96 bits per heavy atom. The van der Waals surface area contributed by atoms with E-state index in [0.717, 1.165) is 29.0 Å². The topological polar surface area (TPSA) is 65.4 Å². The van der Waals surface area contributed by atoms with Crippen LogP contribution in [-0.2, 0) is 17.8 Å². The predicted molar refractivity (Wildman–Crippen MR) is 97.1 cm³/mol. The van der Waals surface area contributed by atoms with Crippen molar-refractivity contribution < 1.29 is 14.3 Å². The average molecular weight is 345 g/mol. The Kier molecular flexibility index (Phi) is 7.32. The summed E-state index contributed by atoms with van der Waals surface area (Å²) in [6.07, 6.45) is 4.90. The highest BCUT2D eigenvalue weighted by atomic mass is 16.5. The largest absolute Gasteiger partial charge is 0.490 e. The first-order valence-corrected chi connectivity index (χ1v) is 8.76. The molecule has 0 atom stereocenters. The van der Waals surface area contributed by atoms with Crippen molar-refractivity contribution in [2.45, 2.75) is 40.2 Å². The van der Waals surface area contributed by atoms with E-state index >= 15 is 0 Å². The lowest BCUT2D eigenvalue weighted by Gasteiger charge is -2.12. The molecule has 1 heterocycles. The van der Waals surface area contributed by atoms with Crippen molar-refractivity contribution in [3.8, 4) is 11.5 Å². The van der Waals surface area contributed by atoms with Gasteiger partial charge < -0.3 is 14.8 Å². The first-order valence-electron chi connectivity index (χ1n) is 8.76. The second-order valence-corrected chi connectivity index (χ2v) is 5.78. The van der Waals surface area contributed by atoms with Gasteiger partial charge in [0.1, 0.15) is 0 Å². The summed E-state index contributed by atoms with van der Waals surface area (Å²) in [6, 6.07) is 5.91. The van der Waals surface area contributed by atoms with Crippen LogP contribution in [0.5, 0.6) is 11.5 Å². The maximum Gasteiger partial charge on any atom is 0.221 e. The lowest BCUT2D eigenvalue weighted by Crippen LogP contribution is -2.26. The summed E-state index contributed by atoms with van der Waals surface area (Å²) in [7, 11) is 0. The summed E-state index contributed by atoms with van der Waals surface area (Å²) in [5, 5.41) is 7.12. The van der Waals surface area contributed by atoms with Crippen molar-refractivity contribution >= 4 is 5.91 Å². The minimum Gasteiger partial charge on any atom is -0.490 e. The fourth-order valence-electron chi connectivity index (χ4n) is 2.49. The molecule has 6 nitrogen and oxygen atoms in total. The zero-order chi connectivity index (χ0) is 18.1. The van der Waals surface area contributed by atoms with Gasteiger partial charge in [-0.25, -0.2) is 0 Å². The van der Waals surface area contributed by atoms with Crippen LogP contribution in [0.25, 0.3) is 0 Å². The maximum absolute atomic E-state index is 11.9. The van der Waals surface area contributed by atoms with Crippen molar-refractivity contribution in [2.24, 2.45) is 0 Å². The Bertz CT molecular complexity index is 682. The fraction of sp³-hybridized carbons (Fsp3) is 0.474. The Morgan fingerprint density at radius 3 is 2.64 bits per heavy atom. The van der Waals surface area contributed by atoms with Crippen LogP contribution in [0.4, 0.5) is 0 Å². The number of amides is 1. The third kappa shape index (κ3) is 6.14. The minimum atomic E-state index is 0.0316. The van der Waals surface area contributed by atoms with Gasteiger partial charge in [-0.1, -0.05) is 6.07 Å². The van der Waals surface area contributed by atoms with E-state index in [0.29, 0.717) is 32.7 Å². The van der Waals surface area contributed by atoms with Crippen LogP contribution >= 0.6 is 0 Å². The van der Waals surface area contributed by atoms with Crippen LogP contribution in [0, 0.1) is 6.92 Å². The van der Waals surface area contributed by atoms with Gasteiger partial charge in [0.15, 0.2) is 11.5 Å². The van der Waals surface area contributed by atoms with Gasteiger partial charge in [-0.15, -0.1) is 0 Å². The number of carbonyl (C=O) groups is 1. The average Bonchev–Trinajstić information content (AvgIpc) is 3.01. The monoisotopic (exact) mass is 345 g/mol. The predicted octanol–water partition coefficient (Wildman–Crippen LogP) is 2.74. The lowest BCUT2D eigenvalue weighted by atomic mass is 10.1. The first-order chi connectivity index (χ1) is 12.1. The van der Waals surface area contributed by atoms with Gasteiger partial charge in [-0.05, 0) is 50.5 Å². The van der Waals surface area contributed by atoms with Gasteiger partial charge in [-0.2, -0.15) is 5.10 Å². The lowest BCUT2D eigenvalue weighted by molar-refractivity contribution is -0.121. The molecular weight excluding hydrogens is 318 g/mol. The number of carbonyl (C=O) groups excluding carboxylic acids is 1. The molecule has 0 aliphatic rings. The SMILES string of the molecule is CCOc1ccc(CCNC(=O)CCn2cc(C)cn2)cc1OCC. The summed E-state index contributed by atoms with van der Waals surface area (Å²) in [5.41, 5.74) is 2.20. The third-order valence-electron chi connectivity index (χ3n) is 3.67. The molecule has 1 N–H and O–H groups in total. The van der Waals surface area contributed by atoms with E-state index in [-0.39, 0.29) is 5.91 Å². The second-order valence-electron chi connectivity index (χ2n) is 5.78. The quantitative estimate of drug-likeness (QED) is 0.719. The zero-order valence-corrected chi connectivity index (χ0v) is 15.2. The molecular formula is C19H27N3O3. The highest BCUT2D eigenvalue weighted by molar-refractivity contribution is 5.75. The Morgan fingerprint density at radius 1 is 1.20 bits per heavy atom. The molecule has 0 aliphatic carbocycles. The third-order valence-corrected chi connectivity index (χ3v) is 3.67. The van der Waals surface area contributed by atoms with Gasteiger partial charge in [0.05, 0.1) is 19.4 Å². The highest BCUT2D eigenvalue weighted by Gasteiger charge is 2.07. The number of ether oxygens (including phenoxy) is 2. The summed E-state index contributed by atoms with van der Waals surface area (Å²) < 4.78 is 13.0. The van der Waals surface area contributed by atoms with Gasteiger partial charge in [0.2, 0.25) is 5.91 Å². The number of hydrogen-bond acceptors (Lipinski definition) is 4. The Hall–Kier alpha value is -2.50. The van der Waals surface area contributed by atoms with Crippen LogP contribution in [0.3, 0.4) is 0 Å². The van der Waals surface area contributed by atoms with Crippen molar-refractivity contribution in [3.05, 3.63) is 41.7 Å². The number of aryl methyl sites for hydroxylation is 2. The van der Waals surface area contributed by atoms with Crippen LogP contribution in [0.1, 0.15) is 31.4 Å². The van der Waals surface area contributed by atoms with Gasteiger partial charge in [0, 0.05) is 25.7 Å². The highest BCUT2D eigenvalue weighted by Crippen LogP contribution is 2.28. The molecule has 1 aromatic heterocycles. The molecule has 0 spiro atoms. The van der Waals surface area contributed by atoms with Gasteiger partial charge in [0.25, 0.3) is 0 Å². The molecule has 0 radical (unpaired) electrons. The number of benzene rings is 1. The molecule has 1 amide bonds. The molecule has 0 saturated heterocycles. The van der Waals surface area contributed by atoms with Crippen LogP contribution in [0.15, 0.2) is 30.6 Å². The summed E-state index contributed by atoms with van der Waals surface area (Å²) in [4.78, 5) is 11.9. The molecule has 0 aliphatic heterocycles. The summed E-state index contributed by atoms with van der Waals surface area (Å²) >= 11 is 0. The summed E-state index contributed by atoms with van der Waals surface area (Å²) in [5.74, 6) is 1.54. The zero-order valence-electron chi connectivity index (χ0n) is 15.2. The van der Waals surface area contributed by atoms with Crippen LogP contribution in [0.2, 0.25) is 0 Å². The van der Waals surface area contributed by atoms with Crippen molar-refractivity contribution in [1.82, 2.24) is 15.1 Å². The van der Waals surface area contributed by atoms with Crippen LogP contribution < -0.4 is 14.8 Å². The van der Waals surface area contributed by atoms with E-state index < -0.39 is 0 Å². The van der Waals surface area contributed by atoms with E-state index in [4.69, 9.17) is 9.47 Å². The minimum absolute atomic E-state index is 0.0316. The van der Waals surface area contributed by atoms with E-state index in [1.807, 2.05) is 45.2 Å². The number of nitrogens with zero attached hydrogens (tertiary/aromatic N) is 2. The molecule has 25 heavy (non-hydrogen) atoms. The molecule has 0 bridgehead atoms. The van der Waals surface area contributed by atoms with Crippen molar-refractivity contribution in [3.63, 3.8) is 0 Å². The number of rotatable bonds is 10. The molecule has 2 rings (SSSR count). The molecule has 6 heteroatoms. The Labute approximate surface area is 149 Å².